The van der Waals surface area contributed by atoms with Crippen LogP contribution in [-0.4, -0.2) is 28.8 Å². The summed E-state index contributed by atoms with van der Waals surface area (Å²) in [5, 5.41) is 24.2. The van der Waals surface area contributed by atoms with Gasteiger partial charge in [-0.15, -0.1) is 0 Å². The smallest absolute Gasteiger partial charge is 0.337 e. The van der Waals surface area contributed by atoms with E-state index in [0.717, 1.165) is 12.1 Å². The van der Waals surface area contributed by atoms with Gasteiger partial charge in [0.25, 0.3) is 17.3 Å². The lowest BCUT2D eigenvalue weighted by atomic mass is 10.1. The first-order valence-electron chi connectivity index (χ1n) is 6.76. The molecule has 0 atom stereocenters. The Kier molecular flexibility index (Phi) is 5.03. The Hall–Kier alpha value is -3.82. The molecule has 0 unspecified atom stereocenters. The molecule has 0 fully saturated rings. The van der Waals surface area contributed by atoms with Crippen LogP contribution in [0.15, 0.2) is 42.5 Å². The summed E-state index contributed by atoms with van der Waals surface area (Å²) < 4.78 is 4.56. The van der Waals surface area contributed by atoms with Crippen molar-refractivity contribution in [3.63, 3.8) is 0 Å². The van der Waals surface area contributed by atoms with Gasteiger partial charge in [0.1, 0.15) is 5.56 Å². The number of nitro benzene ring substituents is 2. The van der Waals surface area contributed by atoms with Crippen LogP contribution in [0.5, 0.6) is 0 Å². The summed E-state index contributed by atoms with van der Waals surface area (Å²) in [4.78, 5) is 43.9. The number of hydrogen-bond donors (Lipinski definition) is 1. The number of methoxy groups -OCH3 is 1. The van der Waals surface area contributed by atoms with Crippen molar-refractivity contribution in [1.29, 1.82) is 0 Å². The highest BCUT2D eigenvalue weighted by Crippen LogP contribution is 2.25. The Labute approximate surface area is 140 Å². The number of non-ortho nitro benzene ring substituents is 1. The fraction of sp³-hybridized carbons (Fsp3) is 0.0667. The summed E-state index contributed by atoms with van der Waals surface area (Å²) in [6, 6.07) is 8.47. The second kappa shape index (κ2) is 7.17. The molecule has 0 aromatic heterocycles. The number of anilines is 1. The van der Waals surface area contributed by atoms with Gasteiger partial charge in [0.2, 0.25) is 0 Å². The first-order chi connectivity index (χ1) is 11.8. The monoisotopic (exact) mass is 345 g/mol. The van der Waals surface area contributed by atoms with Gasteiger partial charge in [-0.3, -0.25) is 25.0 Å². The minimum Gasteiger partial charge on any atom is -0.465 e. The van der Waals surface area contributed by atoms with E-state index < -0.39 is 33.1 Å². The van der Waals surface area contributed by atoms with E-state index in [1.807, 2.05) is 0 Å². The summed E-state index contributed by atoms with van der Waals surface area (Å²) in [6.45, 7) is 0. The normalized spacial score (nSPS) is 9.96. The lowest BCUT2D eigenvalue weighted by molar-refractivity contribution is -0.394. The van der Waals surface area contributed by atoms with E-state index in [9.17, 15) is 29.8 Å². The molecule has 0 radical (unpaired) electrons. The number of nitro groups is 2. The maximum absolute atomic E-state index is 12.3. The van der Waals surface area contributed by atoms with Crippen LogP contribution >= 0.6 is 0 Å². The fourth-order valence-electron chi connectivity index (χ4n) is 2.02. The van der Waals surface area contributed by atoms with Crippen molar-refractivity contribution in [1.82, 2.24) is 0 Å². The zero-order valence-corrected chi connectivity index (χ0v) is 12.8. The van der Waals surface area contributed by atoms with E-state index in [0.29, 0.717) is 6.07 Å². The number of ether oxygens (including phenoxy) is 1. The molecule has 2 aromatic rings. The molecule has 0 saturated carbocycles. The van der Waals surface area contributed by atoms with E-state index in [4.69, 9.17) is 0 Å². The van der Waals surface area contributed by atoms with Crippen molar-refractivity contribution in [2.45, 2.75) is 0 Å². The van der Waals surface area contributed by atoms with E-state index in [1.54, 1.807) is 0 Å². The third-order valence-corrected chi connectivity index (χ3v) is 3.17. The second-order valence-electron chi connectivity index (χ2n) is 4.74. The SMILES string of the molecule is COC(=O)c1cccc(NC(=O)c2ccc([N+](=O)[O-])cc2[N+](=O)[O-])c1. The lowest BCUT2D eigenvalue weighted by Crippen LogP contribution is -2.14. The molecule has 0 aliphatic rings. The first kappa shape index (κ1) is 17.5. The molecule has 0 saturated heterocycles. The largest absolute Gasteiger partial charge is 0.465 e. The predicted octanol–water partition coefficient (Wildman–Crippen LogP) is 2.54. The standard InChI is InChI=1S/C15H11N3O7/c1-25-15(20)9-3-2-4-10(7-9)16-14(19)12-6-5-11(17(21)22)8-13(12)18(23)24/h2-8H,1H3,(H,16,19). The fourth-order valence-corrected chi connectivity index (χ4v) is 2.02. The molecular formula is C15H11N3O7. The number of rotatable bonds is 5. The van der Waals surface area contributed by atoms with E-state index in [2.05, 4.69) is 10.1 Å². The number of nitrogens with one attached hydrogen (secondary N) is 1. The van der Waals surface area contributed by atoms with Gasteiger partial charge in [0, 0.05) is 11.8 Å². The zero-order valence-electron chi connectivity index (χ0n) is 12.8. The number of carbonyl (C=O) groups is 2. The highest BCUT2D eigenvalue weighted by atomic mass is 16.6. The number of amides is 1. The summed E-state index contributed by atoms with van der Waals surface area (Å²) in [7, 11) is 1.20. The first-order valence-corrected chi connectivity index (χ1v) is 6.76. The van der Waals surface area contributed by atoms with Crippen LogP contribution in [0, 0.1) is 20.2 Å². The molecule has 2 aromatic carbocycles. The molecule has 1 N–H and O–H groups in total. The number of hydrogen-bond acceptors (Lipinski definition) is 7. The van der Waals surface area contributed by atoms with E-state index in [1.165, 1.54) is 31.4 Å². The van der Waals surface area contributed by atoms with Crippen LogP contribution < -0.4 is 5.32 Å². The van der Waals surface area contributed by atoms with Gasteiger partial charge >= 0.3 is 5.97 Å². The van der Waals surface area contributed by atoms with Crippen molar-refractivity contribution in [3.05, 3.63) is 73.8 Å². The third kappa shape index (κ3) is 3.93. The van der Waals surface area contributed by atoms with Crippen LogP contribution in [0.3, 0.4) is 0 Å². The number of nitrogens with zero attached hydrogens (tertiary/aromatic N) is 2. The molecule has 128 valence electrons. The number of carbonyl (C=O) groups excluding carboxylic acids is 2. The van der Waals surface area contributed by atoms with Crippen molar-refractivity contribution < 1.29 is 24.2 Å². The minimum atomic E-state index is -0.882. The van der Waals surface area contributed by atoms with Crippen molar-refractivity contribution in [3.8, 4) is 0 Å². The molecule has 0 aliphatic carbocycles. The van der Waals surface area contributed by atoms with E-state index in [-0.39, 0.29) is 16.8 Å². The Bertz CT molecular complexity index is 879. The molecule has 25 heavy (non-hydrogen) atoms. The Morgan fingerprint density at radius 3 is 2.36 bits per heavy atom. The molecule has 10 nitrogen and oxygen atoms in total. The van der Waals surface area contributed by atoms with Crippen molar-refractivity contribution >= 4 is 28.9 Å². The predicted molar refractivity (Wildman–Crippen MR) is 85.5 cm³/mol. The topological polar surface area (TPSA) is 142 Å². The van der Waals surface area contributed by atoms with Gasteiger partial charge in [-0.2, -0.15) is 0 Å². The zero-order chi connectivity index (χ0) is 18.6. The maximum atomic E-state index is 12.3. The highest BCUT2D eigenvalue weighted by Gasteiger charge is 2.24. The van der Waals surface area contributed by atoms with Crippen LogP contribution in [0.1, 0.15) is 20.7 Å². The van der Waals surface area contributed by atoms with Gasteiger partial charge < -0.3 is 10.1 Å². The number of esters is 1. The van der Waals surface area contributed by atoms with Crippen LogP contribution in [0.25, 0.3) is 0 Å². The van der Waals surface area contributed by atoms with Gasteiger partial charge in [0.15, 0.2) is 0 Å². The molecule has 0 spiro atoms. The summed E-state index contributed by atoms with van der Waals surface area (Å²) in [5.41, 5.74) is -1.16. The van der Waals surface area contributed by atoms with Crippen LogP contribution in [-0.2, 0) is 4.74 Å². The molecule has 2 rings (SSSR count). The summed E-state index contributed by atoms with van der Waals surface area (Å²) in [6.07, 6.45) is 0. The van der Waals surface area contributed by atoms with Gasteiger partial charge in [-0.1, -0.05) is 6.07 Å². The molecular weight excluding hydrogens is 334 g/mol. The quantitative estimate of drug-likeness (QED) is 0.498. The van der Waals surface area contributed by atoms with E-state index >= 15 is 0 Å². The highest BCUT2D eigenvalue weighted by molar-refractivity contribution is 6.07. The summed E-state index contributed by atoms with van der Waals surface area (Å²) in [5.74, 6) is -1.46. The minimum absolute atomic E-state index is 0.179. The second-order valence-corrected chi connectivity index (χ2v) is 4.74. The van der Waals surface area contributed by atoms with Crippen LogP contribution in [0.4, 0.5) is 17.1 Å². The van der Waals surface area contributed by atoms with Crippen molar-refractivity contribution in [2.24, 2.45) is 0 Å². The van der Waals surface area contributed by atoms with Gasteiger partial charge in [-0.25, -0.2) is 4.79 Å². The molecule has 1 amide bonds. The Morgan fingerprint density at radius 1 is 1.04 bits per heavy atom. The molecule has 0 aliphatic heterocycles. The molecule has 0 bridgehead atoms. The Morgan fingerprint density at radius 2 is 1.76 bits per heavy atom. The van der Waals surface area contributed by atoms with Gasteiger partial charge in [0.05, 0.1) is 28.6 Å². The summed E-state index contributed by atoms with van der Waals surface area (Å²) >= 11 is 0. The number of benzene rings is 2. The Balaban J connectivity index is 2.34. The molecule has 0 heterocycles. The van der Waals surface area contributed by atoms with Gasteiger partial charge in [-0.05, 0) is 24.3 Å². The maximum Gasteiger partial charge on any atom is 0.337 e. The average Bonchev–Trinajstić information content (AvgIpc) is 2.60. The lowest BCUT2D eigenvalue weighted by Gasteiger charge is -2.07. The third-order valence-electron chi connectivity index (χ3n) is 3.17. The molecule has 10 heteroatoms. The average molecular weight is 345 g/mol. The van der Waals surface area contributed by atoms with Crippen molar-refractivity contribution in [2.75, 3.05) is 12.4 Å². The van der Waals surface area contributed by atoms with Crippen LogP contribution in [0.2, 0.25) is 0 Å².